The molecule has 9 heteroatoms. The van der Waals surface area contributed by atoms with E-state index >= 15 is 0 Å². The van der Waals surface area contributed by atoms with Crippen molar-refractivity contribution in [2.45, 2.75) is 18.4 Å². The first-order chi connectivity index (χ1) is 12.1. The summed E-state index contributed by atoms with van der Waals surface area (Å²) in [5.74, 6) is 0.899. The topological polar surface area (TPSA) is 68.0 Å². The Balaban J connectivity index is 0.00000182. The van der Waals surface area contributed by atoms with Crippen LogP contribution in [0, 0.1) is 0 Å². The second kappa shape index (κ2) is 11.3. The maximum atomic E-state index is 12.7. The summed E-state index contributed by atoms with van der Waals surface area (Å²) >= 11 is 5.86. The van der Waals surface area contributed by atoms with Crippen LogP contribution in [0.4, 0.5) is 0 Å². The first kappa shape index (κ1) is 24.3. The Morgan fingerprint density at radius 3 is 2.30 bits per heavy atom. The van der Waals surface area contributed by atoms with E-state index in [2.05, 4.69) is 4.90 Å². The molecule has 1 amide bonds. The molecule has 2 aliphatic rings. The highest BCUT2D eigenvalue weighted by molar-refractivity contribution is 6.30. The normalized spacial score (nSPS) is 19.6. The molecule has 0 aromatic heterocycles. The maximum Gasteiger partial charge on any atom is 0.242 e. The molecule has 0 radical (unpaired) electrons. The van der Waals surface area contributed by atoms with Crippen LogP contribution in [0.1, 0.15) is 12.8 Å². The monoisotopic (exact) mass is 439 g/mol. The molecular weight excluding hydrogens is 413 g/mol. The molecule has 0 spiro atoms. The van der Waals surface area contributed by atoms with Gasteiger partial charge >= 0.3 is 0 Å². The summed E-state index contributed by atoms with van der Waals surface area (Å²) in [6, 6.07) is 7.38. The van der Waals surface area contributed by atoms with Gasteiger partial charge < -0.3 is 20.1 Å². The van der Waals surface area contributed by atoms with Gasteiger partial charge in [0.2, 0.25) is 5.91 Å². The molecule has 0 unspecified atom stereocenters. The zero-order chi connectivity index (χ0) is 17.7. The van der Waals surface area contributed by atoms with E-state index in [0.29, 0.717) is 37.7 Å². The highest BCUT2D eigenvalue weighted by Gasteiger charge is 2.39. The van der Waals surface area contributed by atoms with Gasteiger partial charge in [-0.2, -0.15) is 0 Å². The minimum Gasteiger partial charge on any atom is -0.492 e. The minimum absolute atomic E-state index is 0. The van der Waals surface area contributed by atoms with Crippen molar-refractivity contribution in [1.82, 2.24) is 9.80 Å². The van der Waals surface area contributed by atoms with Crippen molar-refractivity contribution in [3.05, 3.63) is 29.3 Å². The van der Waals surface area contributed by atoms with E-state index in [4.69, 9.17) is 26.8 Å². The van der Waals surface area contributed by atoms with Gasteiger partial charge in [-0.05, 0) is 37.1 Å². The van der Waals surface area contributed by atoms with Crippen LogP contribution in [0.3, 0.4) is 0 Å². The number of ether oxygens (including phenoxy) is 2. The predicted octanol–water partition coefficient (Wildman–Crippen LogP) is 2.21. The van der Waals surface area contributed by atoms with Crippen molar-refractivity contribution in [2.75, 3.05) is 52.5 Å². The molecule has 2 fully saturated rings. The fraction of sp³-hybridized carbons (Fsp3) is 0.611. The lowest BCUT2D eigenvalue weighted by atomic mass is 9.89. The SMILES string of the molecule is Cl.Cl.NC1(C(=O)N2CCN(CCOc3ccc(Cl)cc3)CC2)CCOCC1. The number of benzene rings is 1. The number of rotatable bonds is 5. The lowest BCUT2D eigenvalue weighted by molar-refractivity contribution is -0.142. The number of hydrogen-bond acceptors (Lipinski definition) is 5. The number of nitrogens with two attached hydrogens (primary N) is 1. The first-order valence-electron chi connectivity index (χ1n) is 8.84. The summed E-state index contributed by atoms with van der Waals surface area (Å²) in [7, 11) is 0. The summed E-state index contributed by atoms with van der Waals surface area (Å²) in [5.41, 5.74) is 5.57. The average molecular weight is 441 g/mol. The van der Waals surface area contributed by atoms with Crippen molar-refractivity contribution < 1.29 is 14.3 Å². The summed E-state index contributed by atoms with van der Waals surface area (Å²) < 4.78 is 11.1. The van der Waals surface area contributed by atoms with Gasteiger partial charge in [-0.3, -0.25) is 9.69 Å². The average Bonchev–Trinajstić information content (AvgIpc) is 2.64. The molecule has 0 atom stereocenters. The van der Waals surface area contributed by atoms with Gasteiger partial charge in [-0.25, -0.2) is 0 Å². The second-order valence-electron chi connectivity index (χ2n) is 6.70. The predicted molar refractivity (Wildman–Crippen MR) is 111 cm³/mol. The number of piperazine rings is 1. The fourth-order valence-corrected chi connectivity index (χ4v) is 3.39. The Hall–Kier alpha value is -0.760. The number of amides is 1. The maximum absolute atomic E-state index is 12.7. The Labute approximate surface area is 178 Å². The largest absolute Gasteiger partial charge is 0.492 e. The van der Waals surface area contributed by atoms with E-state index in [9.17, 15) is 4.79 Å². The summed E-state index contributed by atoms with van der Waals surface area (Å²) in [6.07, 6.45) is 1.22. The molecule has 3 rings (SSSR count). The van der Waals surface area contributed by atoms with Gasteiger partial charge in [-0.1, -0.05) is 11.6 Å². The van der Waals surface area contributed by atoms with Crippen molar-refractivity contribution in [2.24, 2.45) is 5.73 Å². The third kappa shape index (κ3) is 6.66. The van der Waals surface area contributed by atoms with Crippen LogP contribution in [0.15, 0.2) is 24.3 Å². The van der Waals surface area contributed by atoms with E-state index in [1.54, 1.807) is 0 Å². The highest BCUT2D eigenvalue weighted by Crippen LogP contribution is 2.21. The summed E-state index contributed by atoms with van der Waals surface area (Å²) in [5, 5.41) is 0.704. The van der Waals surface area contributed by atoms with Crippen LogP contribution in [0.25, 0.3) is 0 Å². The standard InChI is InChI=1S/C18H26ClN3O3.2ClH/c19-15-1-3-16(4-2-15)25-14-11-21-7-9-22(10-8-21)17(23)18(20)5-12-24-13-6-18;;/h1-4H,5-14,20H2;2*1H. The van der Waals surface area contributed by atoms with Crippen molar-refractivity contribution in [3.63, 3.8) is 0 Å². The highest BCUT2D eigenvalue weighted by atomic mass is 35.5. The molecule has 154 valence electrons. The number of hydrogen-bond donors (Lipinski definition) is 1. The zero-order valence-electron chi connectivity index (χ0n) is 15.3. The molecule has 27 heavy (non-hydrogen) atoms. The van der Waals surface area contributed by atoms with E-state index in [1.807, 2.05) is 29.2 Å². The Morgan fingerprint density at radius 2 is 1.70 bits per heavy atom. The van der Waals surface area contributed by atoms with Gasteiger partial charge in [0.05, 0.1) is 5.54 Å². The van der Waals surface area contributed by atoms with Crippen LogP contribution in [0.2, 0.25) is 5.02 Å². The molecule has 1 aromatic rings. The van der Waals surface area contributed by atoms with Crippen LogP contribution in [-0.4, -0.2) is 73.8 Å². The third-order valence-electron chi connectivity index (χ3n) is 4.96. The molecule has 0 bridgehead atoms. The molecule has 6 nitrogen and oxygen atoms in total. The molecule has 0 aliphatic carbocycles. The van der Waals surface area contributed by atoms with Crippen LogP contribution in [-0.2, 0) is 9.53 Å². The molecule has 2 heterocycles. The molecule has 0 saturated carbocycles. The minimum atomic E-state index is -0.738. The Bertz CT molecular complexity index is 575. The number of nitrogens with zero attached hydrogens (tertiary/aromatic N) is 2. The molecule has 1 aromatic carbocycles. The van der Waals surface area contributed by atoms with Crippen molar-refractivity contribution in [1.29, 1.82) is 0 Å². The summed E-state index contributed by atoms with van der Waals surface area (Å²) in [4.78, 5) is 16.9. The van der Waals surface area contributed by atoms with Crippen LogP contribution < -0.4 is 10.5 Å². The van der Waals surface area contributed by atoms with Gasteiger partial charge in [0.25, 0.3) is 0 Å². The Kier molecular flexibility index (Phi) is 10.2. The molecule has 2 N–H and O–H groups in total. The fourth-order valence-electron chi connectivity index (χ4n) is 3.26. The Morgan fingerprint density at radius 1 is 1.11 bits per heavy atom. The van der Waals surface area contributed by atoms with E-state index in [0.717, 1.165) is 38.5 Å². The van der Waals surface area contributed by atoms with E-state index in [-0.39, 0.29) is 30.7 Å². The first-order valence-corrected chi connectivity index (χ1v) is 9.21. The third-order valence-corrected chi connectivity index (χ3v) is 5.21. The molecule has 2 aliphatic heterocycles. The van der Waals surface area contributed by atoms with Crippen molar-refractivity contribution >= 4 is 42.3 Å². The van der Waals surface area contributed by atoms with Gasteiger partial charge in [0.15, 0.2) is 0 Å². The molecule has 2 saturated heterocycles. The van der Waals surface area contributed by atoms with Crippen LogP contribution in [0.5, 0.6) is 5.75 Å². The van der Waals surface area contributed by atoms with Crippen LogP contribution >= 0.6 is 36.4 Å². The zero-order valence-corrected chi connectivity index (χ0v) is 17.7. The quantitative estimate of drug-likeness (QED) is 0.760. The van der Waals surface area contributed by atoms with Gasteiger partial charge in [0, 0.05) is 51.0 Å². The van der Waals surface area contributed by atoms with Gasteiger partial charge in [0.1, 0.15) is 12.4 Å². The second-order valence-corrected chi connectivity index (χ2v) is 7.14. The summed E-state index contributed by atoms with van der Waals surface area (Å²) in [6.45, 7) is 5.75. The van der Waals surface area contributed by atoms with Gasteiger partial charge in [-0.15, -0.1) is 24.8 Å². The van der Waals surface area contributed by atoms with Crippen molar-refractivity contribution in [3.8, 4) is 5.75 Å². The molecular formula is C18H28Cl3N3O3. The lowest BCUT2D eigenvalue weighted by Crippen LogP contribution is -2.61. The number of halogens is 3. The smallest absolute Gasteiger partial charge is 0.242 e. The lowest BCUT2D eigenvalue weighted by Gasteiger charge is -2.40. The van der Waals surface area contributed by atoms with E-state index < -0.39 is 5.54 Å². The number of carbonyl (C=O) groups is 1. The number of carbonyl (C=O) groups excluding carboxylic acids is 1. The van der Waals surface area contributed by atoms with E-state index in [1.165, 1.54) is 0 Å².